The predicted molar refractivity (Wildman–Crippen MR) is 91.4 cm³/mol. The van der Waals surface area contributed by atoms with Crippen molar-refractivity contribution in [3.63, 3.8) is 0 Å². The Bertz CT molecular complexity index is 701. The highest BCUT2D eigenvalue weighted by molar-refractivity contribution is 5.93. The third kappa shape index (κ3) is 4.45. The summed E-state index contributed by atoms with van der Waals surface area (Å²) in [5.41, 5.74) is 1.28. The van der Waals surface area contributed by atoms with E-state index >= 15 is 0 Å². The molecule has 7 nitrogen and oxygen atoms in total. The minimum absolute atomic E-state index is 0.250. The highest BCUT2D eigenvalue weighted by Gasteiger charge is 2.09. The summed E-state index contributed by atoms with van der Waals surface area (Å²) >= 11 is 0. The third-order valence-corrected chi connectivity index (χ3v) is 3.22. The van der Waals surface area contributed by atoms with E-state index in [9.17, 15) is 4.79 Å². The average molecular weight is 328 g/mol. The van der Waals surface area contributed by atoms with Gasteiger partial charge in [0.15, 0.2) is 11.5 Å². The first-order valence-corrected chi connectivity index (χ1v) is 7.34. The Hall–Kier alpha value is -3.09. The van der Waals surface area contributed by atoms with Crippen molar-refractivity contribution in [1.29, 1.82) is 0 Å². The Morgan fingerprint density at radius 2 is 1.92 bits per heavy atom. The summed E-state index contributed by atoms with van der Waals surface area (Å²) < 4.78 is 10.4. The Labute approximate surface area is 140 Å². The van der Waals surface area contributed by atoms with Gasteiger partial charge in [-0.15, -0.1) is 6.58 Å². The molecule has 1 heterocycles. The lowest BCUT2D eigenvalue weighted by Crippen LogP contribution is -2.23. The molecule has 0 aliphatic heterocycles. The van der Waals surface area contributed by atoms with Crippen LogP contribution in [-0.4, -0.2) is 36.6 Å². The Morgan fingerprint density at radius 3 is 2.54 bits per heavy atom. The zero-order valence-corrected chi connectivity index (χ0v) is 13.7. The van der Waals surface area contributed by atoms with Crippen LogP contribution in [0.4, 0.5) is 5.95 Å². The molecule has 1 aromatic carbocycles. The lowest BCUT2D eigenvalue weighted by atomic mass is 10.2. The number of nitrogens with one attached hydrogen (secondary N) is 2. The zero-order valence-electron chi connectivity index (χ0n) is 13.7. The van der Waals surface area contributed by atoms with Crippen molar-refractivity contribution in [3.8, 4) is 11.5 Å². The zero-order chi connectivity index (χ0) is 17.4. The second kappa shape index (κ2) is 8.52. The standard InChI is InChI=1S/C17H20N4O3/c1-4-7-18-17-20-10-13(11-21-17)16(22)19-9-12-5-6-14(23-2)15(8-12)24-3/h4-6,8,10-11H,1,7,9H2,2-3H3,(H,19,22)(H,18,20,21). The van der Waals surface area contributed by atoms with Crippen molar-refractivity contribution in [2.24, 2.45) is 0 Å². The number of hydrogen-bond acceptors (Lipinski definition) is 6. The van der Waals surface area contributed by atoms with Crippen LogP contribution in [0.1, 0.15) is 15.9 Å². The van der Waals surface area contributed by atoms with E-state index in [0.717, 1.165) is 5.56 Å². The smallest absolute Gasteiger partial charge is 0.254 e. The maximum Gasteiger partial charge on any atom is 0.254 e. The Morgan fingerprint density at radius 1 is 1.21 bits per heavy atom. The van der Waals surface area contributed by atoms with Gasteiger partial charge >= 0.3 is 0 Å². The van der Waals surface area contributed by atoms with Crippen LogP contribution in [0.15, 0.2) is 43.2 Å². The van der Waals surface area contributed by atoms with Gasteiger partial charge in [-0.05, 0) is 17.7 Å². The van der Waals surface area contributed by atoms with Crippen molar-refractivity contribution >= 4 is 11.9 Å². The van der Waals surface area contributed by atoms with Crippen molar-refractivity contribution in [2.45, 2.75) is 6.54 Å². The summed E-state index contributed by atoms with van der Waals surface area (Å²) in [6, 6.07) is 5.47. The lowest BCUT2D eigenvalue weighted by Gasteiger charge is -2.10. The van der Waals surface area contributed by atoms with Gasteiger partial charge in [0.05, 0.1) is 19.8 Å². The molecule has 7 heteroatoms. The quantitative estimate of drug-likeness (QED) is 0.721. The number of aromatic nitrogens is 2. The number of hydrogen-bond donors (Lipinski definition) is 2. The van der Waals surface area contributed by atoms with Crippen LogP contribution in [0, 0.1) is 0 Å². The van der Waals surface area contributed by atoms with Crippen LogP contribution in [0.2, 0.25) is 0 Å². The summed E-state index contributed by atoms with van der Waals surface area (Å²) in [4.78, 5) is 20.3. The van der Waals surface area contributed by atoms with Gasteiger partial charge in [0.2, 0.25) is 5.95 Å². The van der Waals surface area contributed by atoms with Gasteiger partial charge in [0.1, 0.15) is 0 Å². The fraction of sp³-hybridized carbons (Fsp3) is 0.235. The fourth-order valence-electron chi connectivity index (χ4n) is 1.98. The second-order valence-corrected chi connectivity index (χ2v) is 4.84. The van der Waals surface area contributed by atoms with Crippen molar-refractivity contribution in [2.75, 3.05) is 26.1 Å². The van der Waals surface area contributed by atoms with Crippen LogP contribution >= 0.6 is 0 Å². The molecule has 0 unspecified atom stereocenters. The molecule has 126 valence electrons. The fourth-order valence-corrected chi connectivity index (χ4v) is 1.98. The summed E-state index contributed by atoms with van der Waals surface area (Å²) in [6.45, 7) is 4.52. The third-order valence-electron chi connectivity index (χ3n) is 3.22. The highest BCUT2D eigenvalue weighted by atomic mass is 16.5. The Kier molecular flexibility index (Phi) is 6.13. The number of carbonyl (C=O) groups excluding carboxylic acids is 1. The normalized spacial score (nSPS) is 9.92. The molecule has 0 aliphatic rings. The maximum atomic E-state index is 12.1. The van der Waals surface area contributed by atoms with E-state index in [1.54, 1.807) is 26.4 Å². The molecule has 0 atom stereocenters. The van der Waals surface area contributed by atoms with E-state index < -0.39 is 0 Å². The molecule has 1 aromatic heterocycles. The number of carbonyl (C=O) groups is 1. The first-order chi connectivity index (χ1) is 11.7. The van der Waals surface area contributed by atoms with Crippen LogP contribution < -0.4 is 20.1 Å². The first kappa shape index (κ1) is 17.3. The molecule has 0 fully saturated rings. The van der Waals surface area contributed by atoms with Crippen LogP contribution in [0.5, 0.6) is 11.5 Å². The molecule has 0 saturated heterocycles. The topological polar surface area (TPSA) is 85.4 Å². The second-order valence-electron chi connectivity index (χ2n) is 4.84. The van der Waals surface area contributed by atoms with E-state index in [2.05, 4.69) is 27.2 Å². The van der Waals surface area contributed by atoms with Gasteiger partial charge in [-0.2, -0.15) is 0 Å². The molecule has 0 saturated carbocycles. The predicted octanol–water partition coefficient (Wildman–Crippen LogP) is 2.02. The van der Waals surface area contributed by atoms with Crippen LogP contribution in [0.3, 0.4) is 0 Å². The average Bonchev–Trinajstić information content (AvgIpc) is 2.64. The summed E-state index contributed by atoms with van der Waals surface area (Å²) in [5, 5.41) is 5.76. The van der Waals surface area contributed by atoms with Crippen molar-refractivity contribution in [1.82, 2.24) is 15.3 Å². The number of methoxy groups -OCH3 is 2. The van der Waals surface area contributed by atoms with E-state index in [1.807, 2.05) is 12.1 Å². The Balaban J connectivity index is 1.96. The summed E-state index contributed by atoms with van der Waals surface area (Å²) in [6.07, 6.45) is 4.65. The number of anilines is 1. The molecule has 0 spiro atoms. The molecule has 0 aliphatic carbocycles. The lowest BCUT2D eigenvalue weighted by molar-refractivity contribution is 0.0950. The van der Waals surface area contributed by atoms with E-state index in [0.29, 0.717) is 36.1 Å². The van der Waals surface area contributed by atoms with Crippen molar-refractivity contribution < 1.29 is 14.3 Å². The monoisotopic (exact) mass is 328 g/mol. The summed E-state index contributed by atoms with van der Waals surface area (Å²) in [7, 11) is 3.15. The minimum atomic E-state index is -0.250. The largest absolute Gasteiger partial charge is 0.493 e. The molecule has 2 N–H and O–H groups in total. The minimum Gasteiger partial charge on any atom is -0.493 e. The number of nitrogens with zero attached hydrogens (tertiary/aromatic N) is 2. The molecular weight excluding hydrogens is 308 g/mol. The van der Waals surface area contributed by atoms with Gasteiger partial charge in [0, 0.05) is 25.5 Å². The van der Waals surface area contributed by atoms with Gasteiger partial charge in [-0.1, -0.05) is 12.1 Å². The molecule has 0 radical (unpaired) electrons. The first-order valence-electron chi connectivity index (χ1n) is 7.34. The SMILES string of the molecule is C=CCNc1ncc(C(=O)NCc2ccc(OC)c(OC)c2)cn1. The van der Waals surface area contributed by atoms with Gasteiger partial charge in [0.25, 0.3) is 5.91 Å². The van der Waals surface area contributed by atoms with E-state index in [4.69, 9.17) is 9.47 Å². The van der Waals surface area contributed by atoms with E-state index in [-0.39, 0.29) is 5.91 Å². The van der Waals surface area contributed by atoms with Crippen LogP contribution in [-0.2, 0) is 6.54 Å². The number of amides is 1. The molecule has 2 rings (SSSR count). The molecule has 24 heavy (non-hydrogen) atoms. The molecule has 2 aromatic rings. The van der Waals surface area contributed by atoms with Crippen molar-refractivity contribution in [3.05, 3.63) is 54.4 Å². The number of benzene rings is 1. The molecule has 1 amide bonds. The number of ether oxygens (including phenoxy) is 2. The number of rotatable bonds is 8. The van der Waals surface area contributed by atoms with Gasteiger partial charge < -0.3 is 20.1 Å². The molecule has 0 bridgehead atoms. The summed E-state index contributed by atoms with van der Waals surface area (Å²) in [5.74, 6) is 1.46. The van der Waals surface area contributed by atoms with Gasteiger partial charge in [-0.25, -0.2) is 9.97 Å². The maximum absolute atomic E-state index is 12.1. The highest BCUT2D eigenvalue weighted by Crippen LogP contribution is 2.27. The van der Waals surface area contributed by atoms with Gasteiger partial charge in [-0.3, -0.25) is 4.79 Å². The van der Waals surface area contributed by atoms with E-state index in [1.165, 1.54) is 12.4 Å². The van der Waals surface area contributed by atoms with Crippen LogP contribution in [0.25, 0.3) is 0 Å². The molecular formula is C17H20N4O3.